The maximum absolute atomic E-state index is 12.9. The molecule has 0 amide bonds. The number of anilines is 2. The highest BCUT2D eigenvalue weighted by atomic mass is 35.5. The van der Waals surface area contributed by atoms with Crippen LogP contribution in [0.2, 0.25) is 10.0 Å². The number of hydrogen-bond donors (Lipinski definition) is 2. The van der Waals surface area contributed by atoms with Gasteiger partial charge in [-0.3, -0.25) is 4.79 Å². The molecule has 2 aromatic carbocycles. The summed E-state index contributed by atoms with van der Waals surface area (Å²) in [5, 5.41) is 12.8. The van der Waals surface area contributed by atoms with E-state index in [-0.39, 0.29) is 5.56 Å². The van der Waals surface area contributed by atoms with E-state index in [0.717, 1.165) is 60.6 Å². The first kappa shape index (κ1) is 32.9. The number of hydrogen-bond acceptors (Lipinski definition) is 8. The van der Waals surface area contributed by atoms with Crippen molar-refractivity contribution >= 4 is 45.5 Å². The summed E-state index contributed by atoms with van der Waals surface area (Å²) in [5.41, 5.74) is 6.62. The molecular weight excluding hydrogens is 635 g/mol. The van der Waals surface area contributed by atoms with E-state index >= 15 is 0 Å². The van der Waals surface area contributed by atoms with Crippen molar-refractivity contribution < 1.29 is 9.47 Å². The van der Waals surface area contributed by atoms with E-state index in [0.29, 0.717) is 44.2 Å². The molecule has 2 N–H and O–H groups in total. The average molecular weight is 674 g/mol. The first-order chi connectivity index (χ1) is 22.8. The zero-order valence-electron chi connectivity index (χ0n) is 27.0. The highest BCUT2D eigenvalue weighted by Crippen LogP contribution is 2.43. The Labute approximate surface area is 284 Å². The largest absolute Gasteiger partial charge is 0.481 e. The number of nitrogens with zero attached hydrogens (tertiary/aromatic N) is 4. The van der Waals surface area contributed by atoms with Gasteiger partial charge in [0.1, 0.15) is 5.82 Å². The fourth-order valence-corrected chi connectivity index (χ4v) is 6.82. The Balaban J connectivity index is 0.000000424. The average Bonchev–Trinajstić information content (AvgIpc) is 3.57. The van der Waals surface area contributed by atoms with Crippen LogP contribution in [0.25, 0.3) is 33.2 Å². The van der Waals surface area contributed by atoms with E-state index in [9.17, 15) is 4.79 Å². The molecule has 7 rings (SSSR count). The van der Waals surface area contributed by atoms with Crippen molar-refractivity contribution in [2.45, 2.75) is 45.1 Å². The van der Waals surface area contributed by atoms with E-state index in [4.69, 9.17) is 37.7 Å². The molecule has 9 nitrogen and oxygen atoms in total. The zero-order chi connectivity index (χ0) is 33.1. The summed E-state index contributed by atoms with van der Waals surface area (Å²) in [6, 6.07) is 16.1. The molecule has 0 bridgehead atoms. The van der Waals surface area contributed by atoms with Gasteiger partial charge >= 0.3 is 0 Å². The van der Waals surface area contributed by atoms with Gasteiger partial charge in [-0.25, -0.2) is 14.6 Å². The first-order valence-electron chi connectivity index (χ1n) is 15.8. The molecule has 1 aliphatic carbocycles. The van der Waals surface area contributed by atoms with Gasteiger partial charge in [0.25, 0.3) is 5.56 Å². The molecule has 1 saturated heterocycles. The van der Waals surface area contributed by atoms with Crippen LogP contribution in [-0.2, 0) is 24.6 Å². The molecule has 4 heterocycles. The van der Waals surface area contributed by atoms with Crippen molar-refractivity contribution in [2.24, 2.45) is 7.05 Å². The molecule has 11 heteroatoms. The Morgan fingerprint density at radius 1 is 0.979 bits per heavy atom. The highest BCUT2D eigenvalue weighted by Gasteiger charge is 2.22. The number of rotatable bonds is 6. The van der Waals surface area contributed by atoms with Crippen molar-refractivity contribution in [3.8, 4) is 28.3 Å². The Morgan fingerprint density at radius 2 is 1.70 bits per heavy atom. The minimum atomic E-state index is -0.247. The Hall–Kier alpha value is -4.02. The van der Waals surface area contributed by atoms with Gasteiger partial charge in [-0.05, 0) is 69.8 Å². The molecule has 0 unspecified atom stereocenters. The summed E-state index contributed by atoms with van der Waals surface area (Å²) in [4.78, 5) is 22.3. The van der Waals surface area contributed by atoms with Crippen LogP contribution in [0.3, 0.4) is 0 Å². The van der Waals surface area contributed by atoms with Gasteiger partial charge in [0, 0.05) is 59.6 Å². The Bertz CT molecular complexity index is 1990. The fraction of sp³-hybridized carbons (Fsp3) is 0.333. The normalized spacial score (nSPS) is 14.4. The smallest absolute Gasteiger partial charge is 0.278 e. The maximum Gasteiger partial charge on any atom is 0.278 e. The van der Waals surface area contributed by atoms with Gasteiger partial charge in [-0.1, -0.05) is 53.5 Å². The zero-order valence-corrected chi connectivity index (χ0v) is 28.5. The van der Waals surface area contributed by atoms with E-state index in [1.54, 1.807) is 20.4 Å². The Morgan fingerprint density at radius 3 is 2.43 bits per heavy atom. The lowest BCUT2D eigenvalue weighted by Gasteiger charge is -2.20. The quantitative estimate of drug-likeness (QED) is 0.194. The van der Waals surface area contributed by atoms with Gasteiger partial charge in [0.05, 0.1) is 40.1 Å². The van der Waals surface area contributed by atoms with E-state index in [1.165, 1.54) is 28.7 Å². The first-order valence-corrected chi connectivity index (χ1v) is 16.5. The van der Waals surface area contributed by atoms with Crippen LogP contribution in [0.1, 0.15) is 36.1 Å². The van der Waals surface area contributed by atoms with Crippen LogP contribution in [0.5, 0.6) is 5.88 Å². The summed E-state index contributed by atoms with van der Waals surface area (Å²) in [7, 11) is 5.27. The predicted molar refractivity (Wildman–Crippen MR) is 189 cm³/mol. The third-order valence-corrected chi connectivity index (χ3v) is 9.56. The molecule has 3 aromatic heterocycles. The van der Waals surface area contributed by atoms with Crippen LogP contribution in [0, 0.1) is 6.92 Å². The molecule has 2 aliphatic rings. The van der Waals surface area contributed by atoms with Crippen LogP contribution in [0.4, 0.5) is 11.5 Å². The third-order valence-electron chi connectivity index (χ3n) is 8.75. The van der Waals surface area contributed by atoms with Crippen molar-refractivity contribution in [3.63, 3.8) is 0 Å². The fourth-order valence-electron chi connectivity index (χ4n) is 6.22. The van der Waals surface area contributed by atoms with Gasteiger partial charge in [0.2, 0.25) is 5.88 Å². The molecule has 0 saturated carbocycles. The van der Waals surface area contributed by atoms with Crippen LogP contribution in [0.15, 0.2) is 59.5 Å². The predicted octanol–water partition coefficient (Wildman–Crippen LogP) is 7.30. The third kappa shape index (κ3) is 6.85. The molecule has 1 fully saturated rings. The molecular formula is C36H38Cl2N6O3. The van der Waals surface area contributed by atoms with Gasteiger partial charge in [-0.2, -0.15) is 5.10 Å². The maximum atomic E-state index is 12.9. The molecule has 0 radical (unpaired) electrons. The standard InChI is InChI=1S/C30H25Cl2N5O2.C6H13NO/c1-16-13-18-15-33-37(2)30(38)25(18)28(34-16)35-23-12-6-10-21(27(23)32)20-9-5-11-22(26(20)31)24-14-17-7-4-8-19(17)29(36-24)39-3;1-7-6-2-4-8-5-3-6/h5-6,9-15H,4,7-8H2,1-3H3,(H,34,35);6-7H,2-5H2,1H3. The summed E-state index contributed by atoms with van der Waals surface area (Å²) in [6.07, 6.45) is 7.07. The van der Waals surface area contributed by atoms with Gasteiger partial charge in [0.15, 0.2) is 0 Å². The van der Waals surface area contributed by atoms with Gasteiger partial charge < -0.3 is 20.1 Å². The number of nitrogens with one attached hydrogen (secondary N) is 2. The number of aromatic nitrogens is 4. The number of halogens is 2. The number of ether oxygens (including phenoxy) is 2. The molecule has 47 heavy (non-hydrogen) atoms. The van der Waals surface area contributed by atoms with E-state index in [1.807, 2.05) is 56.4 Å². The summed E-state index contributed by atoms with van der Waals surface area (Å²) in [6.45, 7) is 3.74. The van der Waals surface area contributed by atoms with Crippen LogP contribution >= 0.6 is 23.2 Å². The summed E-state index contributed by atoms with van der Waals surface area (Å²) >= 11 is 14.0. The van der Waals surface area contributed by atoms with Crippen molar-refractivity contribution in [3.05, 3.63) is 91.9 Å². The monoisotopic (exact) mass is 672 g/mol. The number of aryl methyl sites for hydroxylation is 3. The van der Waals surface area contributed by atoms with Crippen molar-refractivity contribution in [1.82, 2.24) is 25.1 Å². The van der Waals surface area contributed by atoms with Crippen molar-refractivity contribution in [2.75, 3.05) is 32.7 Å². The molecule has 0 spiro atoms. The molecule has 1 aliphatic heterocycles. The topological polar surface area (TPSA) is 103 Å². The molecule has 244 valence electrons. The van der Waals surface area contributed by atoms with E-state index < -0.39 is 0 Å². The lowest BCUT2D eigenvalue weighted by molar-refractivity contribution is 0.0799. The second-order valence-corrected chi connectivity index (χ2v) is 12.5. The summed E-state index contributed by atoms with van der Waals surface area (Å²) < 4.78 is 12.1. The molecule has 5 aromatic rings. The number of pyridine rings is 2. The number of fused-ring (bicyclic) bond motifs is 2. The lowest BCUT2D eigenvalue weighted by Crippen LogP contribution is -2.31. The minimum absolute atomic E-state index is 0.247. The van der Waals surface area contributed by atoms with Crippen molar-refractivity contribution in [1.29, 1.82) is 0 Å². The minimum Gasteiger partial charge on any atom is -0.481 e. The lowest BCUT2D eigenvalue weighted by atomic mass is 9.99. The van der Waals surface area contributed by atoms with E-state index in [2.05, 4.69) is 26.8 Å². The Kier molecular flexibility index (Phi) is 10.1. The van der Waals surface area contributed by atoms with Crippen LogP contribution < -0.4 is 20.9 Å². The number of benzene rings is 2. The second-order valence-electron chi connectivity index (χ2n) is 11.8. The second kappa shape index (κ2) is 14.4. The number of methoxy groups -OCH3 is 1. The van der Waals surface area contributed by atoms with Crippen LogP contribution in [-0.4, -0.2) is 53.2 Å². The SMILES string of the molecule is CNC1CCOCC1.COc1nc(-c2cccc(-c3cccc(Nc4nc(C)cc5cnn(C)c(=O)c45)c3Cl)c2Cl)cc2c1CCC2. The van der Waals surface area contributed by atoms with Gasteiger partial charge in [-0.15, -0.1) is 0 Å². The molecule has 0 atom stereocenters. The summed E-state index contributed by atoms with van der Waals surface area (Å²) in [5.74, 6) is 1.08. The highest BCUT2D eigenvalue weighted by molar-refractivity contribution is 6.39.